The van der Waals surface area contributed by atoms with Crippen LogP contribution in [0.25, 0.3) is 0 Å². The van der Waals surface area contributed by atoms with Crippen LogP contribution >= 0.6 is 23.2 Å². The second-order valence-electron chi connectivity index (χ2n) is 5.18. The molecule has 0 saturated heterocycles. The van der Waals surface area contributed by atoms with Gasteiger partial charge in [0, 0.05) is 5.02 Å². The molecule has 2 aromatic carbocycles. The van der Waals surface area contributed by atoms with Crippen molar-refractivity contribution in [3.8, 4) is 0 Å². The van der Waals surface area contributed by atoms with Crippen LogP contribution in [0.5, 0.6) is 0 Å². The Bertz CT molecular complexity index is 1050. The van der Waals surface area contributed by atoms with Gasteiger partial charge in [0.05, 0.1) is 21.3 Å². The van der Waals surface area contributed by atoms with Crippen molar-refractivity contribution in [2.75, 3.05) is 11.5 Å². The Morgan fingerprint density at radius 2 is 1.38 bits per heavy atom. The van der Waals surface area contributed by atoms with Crippen molar-refractivity contribution in [3.63, 3.8) is 0 Å². The Morgan fingerprint density at radius 1 is 0.846 bits per heavy atom. The highest BCUT2D eigenvalue weighted by Gasteiger charge is 2.18. The summed E-state index contributed by atoms with van der Waals surface area (Å²) in [5, 5.41) is 0.520. The van der Waals surface area contributed by atoms with Gasteiger partial charge in [-0.1, -0.05) is 23.2 Å². The van der Waals surface area contributed by atoms with E-state index in [1.54, 1.807) is 0 Å². The lowest BCUT2D eigenvalue weighted by Crippen LogP contribution is -2.05. The largest absolute Gasteiger partial charge is 0.398 e. The molecular weight excluding hydrogens is 427 g/mol. The maximum Gasteiger partial charge on any atom is 0.296 e. The van der Waals surface area contributed by atoms with Crippen LogP contribution in [0.1, 0.15) is 11.1 Å². The van der Waals surface area contributed by atoms with Crippen LogP contribution < -0.4 is 11.5 Å². The number of nitrogen functional groups attached to an aromatic ring is 2. The summed E-state index contributed by atoms with van der Waals surface area (Å²) in [6, 6.07) is 5.33. The van der Waals surface area contributed by atoms with Gasteiger partial charge in [0.2, 0.25) is 0 Å². The van der Waals surface area contributed by atoms with E-state index >= 15 is 0 Å². The molecule has 0 aromatic heterocycles. The van der Waals surface area contributed by atoms with Gasteiger partial charge in [0.1, 0.15) is 4.90 Å². The summed E-state index contributed by atoms with van der Waals surface area (Å²) >= 11 is 11.3. The van der Waals surface area contributed by atoms with E-state index in [2.05, 4.69) is 0 Å². The van der Waals surface area contributed by atoms with Crippen LogP contribution in [-0.4, -0.2) is 25.9 Å². The van der Waals surface area contributed by atoms with Crippen LogP contribution in [0.4, 0.5) is 11.4 Å². The molecule has 0 atom stereocenters. The van der Waals surface area contributed by atoms with Crippen molar-refractivity contribution < 1.29 is 25.9 Å². The number of hydrogen-bond acceptors (Lipinski definition) is 6. The topological polar surface area (TPSA) is 161 Å². The lowest BCUT2D eigenvalue weighted by molar-refractivity contribution is 0.480. The van der Waals surface area contributed by atoms with Gasteiger partial charge in [-0.25, -0.2) is 0 Å². The minimum atomic E-state index is -4.30. The van der Waals surface area contributed by atoms with Crippen LogP contribution in [0.15, 0.2) is 34.1 Å². The number of benzene rings is 2. The molecule has 8 nitrogen and oxygen atoms in total. The highest BCUT2D eigenvalue weighted by Crippen LogP contribution is 2.28. The molecular formula is C14H16Cl2N2O6S2. The monoisotopic (exact) mass is 442 g/mol. The highest BCUT2D eigenvalue weighted by molar-refractivity contribution is 7.86. The SMILES string of the molecule is Cc1c(Cl)ccc(N)c1S(=O)(=O)O.Cc1cc(Cl)c(N)cc1S(=O)(=O)O. The number of halogens is 2. The van der Waals surface area contributed by atoms with Gasteiger partial charge in [0.15, 0.2) is 0 Å². The van der Waals surface area contributed by atoms with Crippen molar-refractivity contribution >= 4 is 54.8 Å². The third kappa shape index (κ3) is 5.47. The Hall–Kier alpha value is -1.56. The van der Waals surface area contributed by atoms with Gasteiger partial charge >= 0.3 is 0 Å². The predicted molar refractivity (Wildman–Crippen MR) is 101 cm³/mol. The van der Waals surface area contributed by atoms with Crippen LogP contribution in [0.3, 0.4) is 0 Å². The van der Waals surface area contributed by atoms with E-state index in [0.717, 1.165) is 6.07 Å². The van der Waals surface area contributed by atoms with Gasteiger partial charge in [-0.3, -0.25) is 9.11 Å². The molecule has 144 valence electrons. The van der Waals surface area contributed by atoms with Gasteiger partial charge in [0.25, 0.3) is 20.2 Å². The Morgan fingerprint density at radius 3 is 1.81 bits per heavy atom. The Balaban J connectivity index is 0.000000260. The molecule has 0 fully saturated rings. The number of hydrogen-bond donors (Lipinski definition) is 4. The molecule has 0 aliphatic carbocycles. The third-order valence-corrected chi connectivity index (χ3v) is 5.99. The summed E-state index contributed by atoms with van der Waals surface area (Å²) < 4.78 is 60.8. The quantitative estimate of drug-likeness (QED) is 0.407. The van der Waals surface area contributed by atoms with E-state index in [4.69, 9.17) is 43.8 Å². The molecule has 2 rings (SSSR count). The first-order valence-electron chi connectivity index (χ1n) is 6.71. The van der Waals surface area contributed by atoms with Crippen molar-refractivity contribution in [2.45, 2.75) is 23.6 Å². The molecule has 0 amide bonds. The van der Waals surface area contributed by atoms with Crippen molar-refractivity contribution in [3.05, 3.63) is 45.4 Å². The van der Waals surface area contributed by atoms with Crippen LogP contribution in [-0.2, 0) is 20.2 Å². The fraction of sp³-hybridized carbons (Fsp3) is 0.143. The molecule has 0 bridgehead atoms. The highest BCUT2D eigenvalue weighted by atomic mass is 35.5. The third-order valence-electron chi connectivity index (χ3n) is 3.20. The van der Waals surface area contributed by atoms with E-state index in [9.17, 15) is 16.8 Å². The van der Waals surface area contributed by atoms with Crippen LogP contribution in [0, 0.1) is 13.8 Å². The van der Waals surface area contributed by atoms with Crippen LogP contribution in [0.2, 0.25) is 10.0 Å². The second kappa shape index (κ2) is 7.99. The average Bonchev–Trinajstić information content (AvgIpc) is 2.45. The van der Waals surface area contributed by atoms with Gasteiger partial charge in [-0.15, -0.1) is 0 Å². The van der Waals surface area contributed by atoms with Crippen molar-refractivity contribution in [1.29, 1.82) is 0 Å². The number of anilines is 2. The van der Waals surface area contributed by atoms with E-state index in [1.807, 2.05) is 0 Å². The van der Waals surface area contributed by atoms with E-state index in [-0.39, 0.29) is 36.8 Å². The van der Waals surface area contributed by atoms with Gasteiger partial charge in [-0.2, -0.15) is 16.8 Å². The van der Waals surface area contributed by atoms with E-state index in [1.165, 1.54) is 32.0 Å². The minimum absolute atomic E-state index is 0.00981. The molecule has 2 aromatic rings. The molecule has 26 heavy (non-hydrogen) atoms. The molecule has 0 spiro atoms. The molecule has 12 heteroatoms. The normalized spacial score (nSPS) is 11.6. The lowest BCUT2D eigenvalue weighted by atomic mass is 10.2. The molecule has 0 aliphatic rings. The summed E-state index contributed by atoms with van der Waals surface area (Å²) in [4.78, 5) is -0.533. The standard InChI is InChI=1S/2C7H8ClNO3S/c1-4-2-5(8)6(9)3-7(4)13(10,11)12;1-4-5(8)2-3-6(9)7(4)13(10,11)12/h2*2-3H,9H2,1H3,(H,10,11,12). The molecule has 0 radical (unpaired) electrons. The first-order valence-corrected chi connectivity index (χ1v) is 10.3. The first-order chi connectivity index (χ1) is 11.7. The fourth-order valence-electron chi connectivity index (χ4n) is 1.98. The zero-order valence-corrected chi connectivity index (χ0v) is 16.7. The smallest absolute Gasteiger partial charge is 0.296 e. The molecule has 0 saturated carbocycles. The first kappa shape index (κ1) is 22.5. The zero-order chi connectivity index (χ0) is 20.4. The maximum atomic E-state index is 10.8. The van der Waals surface area contributed by atoms with Crippen molar-refractivity contribution in [1.82, 2.24) is 0 Å². The zero-order valence-electron chi connectivity index (χ0n) is 13.6. The second-order valence-corrected chi connectivity index (χ2v) is 8.74. The Kier molecular flexibility index (Phi) is 6.91. The summed E-state index contributed by atoms with van der Waals surface area (Å²) in [6.07, 6.45) is 0. The average molecular weight is 443 g/mol. The summed E-state index contributed by atoms with van der Waals surface area (Å²) in [7, 11) is -8.51. The van der Waals surface area contributed by atoms with E-state index in [0.29, 0.717) is 5.56 Å². The fourth-order valence-corrected chi connectivity index (χ4v) is 4.01. The summed E-state index contributed by atoms with van der Waals surface area (Å²) in [5.74, 6) is 0. The van der Waals surface area contributed by atoms with Crippen molar-refractivity contribution in [2.24, 2.45) is 0 Å². The summed E-state index contributed by atoms with van der Waals surface area (Å²) in [6.45, 7) is 3.00. The summed E-state index contributed by atoms with van der Waals surface area (Å²) in [5.41, 5.74) is 11.5. The molecule has 6 N–H and O–H groups in total. The molecule has 0 heterocycles. The molecule has 0 aliphatic heterocycles. The van der Waals surface area contributed by atoms with E-state index < -0.39 is 20.2 Å². The van der Waals surface area contributed by atoms with Gasteiger partial charge < -0.3 is 11.5 Å². The minimum Gasteiger partial charge on any atom is -0.398 e. The molecule has 0 unspecified atom stereocenters. The predicted octanol–water partition coefficient (Wildman–Crippen LogP) is 2.95. The number of nitrogens with two attached hydrogens (primary N) is 2. The lowest BCUT2D eigenvalue weighted by Gasteiger charge is -2.06. The number of aryl methyl sites for hydroxylation is 1. The number of rotatable bonds is 2. The maximum absolute atomic E-state index is 10.8. The van der Waals surface area contributed by atoms with Gasteiger partial charge in [-0.05, 0) is 49.2 Å². The Labute approximate surface area is 161 Å².